The summed E-state index contributed by atoms with van der Waals surface area (Å²) in [6, 6.07) is 10.3. The highest BCUT2D eigenvalue weighted by Crippen LogP contribution is 2.24. The van der Waals surface area contributed by atoms with Gasteiger partial charge in [0.25, 0.3) is 5.56 Å². The van der Waals surface area contributed by atoms with Crippen LogP contribution in [0.1, 0.15) is 34.3 Å². The number of nitrogens with one attached hydrogen (secondary N) is 1. The van der Waals surface area contributed by atoms with E-state index in [0.29, 0.717) is 24.0 Å². The summed E-state index contributed by atoms with van der Waals surface area (Å²) in [4.78, 5) is 27.7. The van der Waals surface area contributed by atoms with Crippen LogP contribution < -0.4 is 5.56 Å². The fourth-order valence-electron chi connectivity index (χ4n) is 2.74. The maximum atomic E-state index is 11.9. The van der Waals surface area contributed by atoms with E-state index in [9.17, 15) is 9.59 Å². The average molecular weight is 299 g/mol. The molecule has 1 aromatic heterocycles. The lowest BCUT2D eigenvalue weighted by Gasteiger charge is -2.07. The molecule has 3 nitrogen and oxygen atoms in total. The van der Waals surface area contributed by atoms with Gasteiger partial charge in [-0.25, -0.2) is 0 Å². The molecule has 0 spiro atoms. The maximum Gasteiger partial charge on any atom is 0.251 e. The summed E-state index contributed by atoms with van der Waals surface area (Å²) in [7, 11) is 0. The SMILES string of the molecule is O=C1CCc2c1c(CCCSc1ccccc1)c[nH]c2=O. The minimum Gasteiger partial charge on any atom is -0.329 e. The molecule has 0 saturated carbocycles. The molecule has 0 radical (unpaired) electrons. The predicted molar refractivity (Wildman–Crippen MR) is 85.2 cm³/mol. The van der Waals surface area contributed by atoms with E-state index in [4.69, 9.17) is 0 Å². The van der Waals surface area contributed by atoms with E-state index in [0.717, 1.165) is 24.2 Å². The van der Waals surface area contributed by atoms with Gasteiger partial charge in [-0.05, 0) is 42.7 Å². The quantitative estimate of drug-likeness (QED) is 0.681. The first kappa shape index (κ1) is 14.1. The maximum absolute atomic E-state index is 11.9. The number of aromatic nitrogens is 1. The zero-order valence-electron chi connectivity index (χ0n) is 11.7. The van der Waals surface area contributed by atoms with Crippen LogP contribution in [-0.4, -0.2) is 16.5 Å². The Morgan fingerprint density at radius 3 is 2.71 bits per heavy atom. The number of fused-ring (bicyclic) bond motifs is 1. The normalized spacial score (nSPS) is 13.4. The summed E-state index contributed by atoms with van der Waals surface area (Å²) in [5, 5.41) is 0. The van der Waals surface area contributed by atoms with Crippen molar-refractivity contribution in [3.8, 4) is 0 Å². The van der Waals surface area contributed by atoms with E-state index in [1.165, 1.54) is 4.90 Å². The van der Waals surface area contributed by atoms with Gasteiger partial charge in [-0.3, -0.25) is 9.59 Å². The lowest BCUT2D eigenvalue weighted by molar-refractivity contribution is 0.0993. The number of H-pyrrole nitrogens is 1. The lowest BCUT2D eigenvalue weighted by atomic mass is 10.0. The van der Waals surface area contributed by atoms with Crippen molar-refractivity contribution in [2.24, 2.45) is 0 Å². The molecule has 0 bridgehead atoms. The summed E-state index contributed by atoms with van der Waals surface area (Å²) < 4.78 is 0. The predicted octanol–water partition coefficient (Wildman–Crippen LogP) is 3.23. The molecule has 108 valence electrons. The molecule has 1 aliphatic carbocycles. The number of aryl methyl sites for hydroxylation is 1. The van der Waals surface area contributed by atoms with Gasteiger partial charge in [0.2, 0.25) is 0 Å². The van der Waals surface area contributed by atoms with Crippen LogP contribution in [0.2, 0.25) is 0 Å². The molecule has 2 aromatic rings. The van der Waals surface area contributed by atoms with Gasteiger partial charge in [0, 0.05) is 28.6 Å². The molecule has 21 heavy (non-hydrogen) atoms. The van der Waals surface area contributed by atoms with E-state index in [-0.39, 0.29) is 11.3 Å². The standard InChI is InChI=1S/C17H17NO2S/c19-15-9-8-14-16(15)12(11-18-17(14)20)5-4-10-21-13-6-2-1-3-7-13/h1-3,6-7,11H,4-5,8-10H2,(H,18,20). The first-order valence-corrected chi connectivity index (χ1v) is 8.19. The Morgan fingerprint density at radius 1 is 1.10 bits per heavy atom. The number of rotatable bonds is 5. The van der Waals surface area contributed by atoms with Crippen LogP contribution in [0, 0.1) is 0 Å². The number of carbonyl (C=O) groups excluding carboxylic acids is 1. The van der Waals surface area contributed by atoms with Crippen molar-refractivity contribution in [1.82, 2.24) is 4.98 Å². The molecule has 0 aliphatic heterocycles. The second-order valence-corrected chi connectivity index (χ2v) is 6.35. The Bertz CT molecular complexity index is 706. The van der Waals surface area contributed by atoms with E-state index in [1.807, 2.05) is 30.0 Å². The van der Waals surface area contributed by atoms with Crippen LogP contribution in [-0.2, 0) is 12.8 Å². The Balaban J connectivity index is 1.63. The third-order valence-electron chi connectivity index (χ3n) is 3.76. The summed E-state index contributed by atoms with van der Waals surface area (Å²) in [5.74, 6) is 1.13. The van der Waals surface area contributed by atoms with Gasteiger partial charge in [0.15, 0.2) is 5.78 Å². The first-order chi connectivity index (χ1) is 10.3. The molecule has 0 atom stereocenters. The zero-order chi connectivity index (χ0) is 14.7. The van der Waals surface area contributed by atoms with E-state index in [1.54, 1.807) is 6.20 Å². The number of Topliss-reactive ketones (excluding diaryl/α,β-unsaturated/α-hetero) is 1. The largest absolute Gasteiger partial charge is 0.329 e. The lowest BCUT2D eigenvalue weighted by Crippen LogP contribution is -2.14. The number of pyridine rings is 1. The smallest absolute Gasteiger partial charge is 0.251 e. The molecule has 3 rings (SSSR count). The van der Waals surface area contributed by atoms with Crippen molar-refractivity contribution in [3.63, 3.8) is 0 Å². The van der Waals surface area contributed by atoms with Crippen molar-refractivity contribution >= 4 is 17.5 Å². The fraction of sp³-hybridized carbons (Fsp3) is 0.294. The molecular weight excluding hydrogens is 282 g/mol. The number of ketones is 1. The minimum absolute atomic E-state index is 0.0988. The van der Waals surface area contributed by atoms with Crippen LogP contribution in [0.5, 0.6) is 0 Å². The Morgan fingerprint density at radius 2 is 1.90 bits per heavy atom. The Labute approximate surface area is 127 Å². The van der Waals surface area contributed by atoms with Crippen LogP contribution in [0.3, 0.4) is 0 Å². The molecule has 0 fully saturated rings. The summed E-state index contributed by atoms with van der Waals surface area (Å²) >= 11 is 1.82. The van der Waals surface area contributed by atoms with Gasteiger partial charge < -0.3 is 4.98 Å². The van der Waals surface area contributed by atoms with Gasteiger partial charge in [0.05, 0.1) is 0 Å². The van der Waals surface area contributed by atoms with Crippen molar-refractivity contribution in [1.29, 1.82) is 0 Å². The molecule has 0 saturated heterocycles. The van der Waals surface area contributed by atoms with Crippen molar-refractivity contribution in [2.75, 3.05) is 5.75 Å². The third-order valence-corrected chi connectivity index (χ3v) is 4.86. The molecule has 1 aliphatic rings. The van der Waals surface area contributed by atoms with Crippen molar-refractivity contribution in [2.45, 2.75) is 30.6 Å². The van der Waals surface area contributed by atoms with Crippen molar-refractivity contribution in [3.05, 3.63) is 63.6 Å². The monoisotopic (exact) mass is 299 g/mol. The summed E-state index contributed by atoms with van der Waals surface area (Å²) in [6.07, 6.45) is 4.62. The Hall–Kier alpha value is -1.81. The number of benzene rings is 1. The van der Waals surface area contributed by atoms with Crippen LogP contribution in [0.25, 0.3) is 0 Å². The highest BCUT2D eigenvalue weighted by Gasteiger charge is 2.25. The highest BCUT2D eigenvalue weighted by atomic mass is 32.2. The first-order valence-electron chi connectivity index (χ1n) is 7.20. The number of hydrogen-bond donors (Lipinski definition) is 1. The van der Waals surface area contributed by atoms with Gasteiger partial charge in [-0.2, -0.15) is 0 Å². The van der Waals surface area contributed by atoms with E-state index >= 15 is 0 Å². The molecule has 0 unspecified atom stereocenters. The Kier molecular flexibility index (Phi) is 4.25. The second kappa shape index (κ2) is 6.31. The molecule has 1 aromatic carbocycles. The van der Waals surface area contributed by atoms with Gasteiger partial charge in [-0.1, -0.05) is 18.2 Å². The molecule has 1 heterocycles. The molecule has 1 N–H and O–H groups in total. The number of hydrogen-bond acceptors (Lipinski definition) is 3. The summed E-state index contributed by atoms with van der Waals surface area (Å²) in [6.45, 7) is 0. The third kappa shape index (κ3) is 3.10. The molecule has 0 amide bonds. The van der Waals surface area contributed by atoms with E-state index in [2.05, 4.69) is 17.1 Å². The summed E-state index contributed by atoms with van der Waals surface area (Å²) in [5.41, 5.74) is 2.29. The van der Waals surface area contributed by atoms with Crippen LogP contribution >= 0.6 is 11.8 Å². The molecule has 4 heteroatoms. The van der Waals surface area contributed by atoms with Gasteiger partial charge in [-0.15, -0.1) is 11.8 Å². The number of aromatic amines is 1. The molecular formula is C17H17NO2S. The zero-order valence-corrected chi connectivity index (χ0v) is 12.5. The van der Waals surface area contributed by atoms with Crippen LogP contribution in [0.4, 0.5) is 0 Å². The van der Waals surface area contributed by atoms with E-state index < -0.39 is 0 Å². The second-order valence-electron chi connectivity index (χ2n) is 5.18. The minimum atomic E-state index is -0.0988. The highest BCUT2D eigenvalue weighted by molar-refractivity contribution is 7.99. The van der Waals surface area contributed by atoms with Crippen molar-refractivity contribution < 1.29 is 4.79 Å². The number of carbonyl (C=O) groups is 1. The topological polar surface area (TPSA) is 49.9 Å². The van der Waals surface area contributed by atoms with Crippen LogP contribution in [0.15, 0.2) is 46.2 Å². The van der Waals surface area contributed by atoms with Gasteiger partial charge in [0.1, 0.15) is 0 Å². The fourth-order valence-corrected chi connectivity index (χ4v) is 3.61. The van der Waals surface area contributed by atoms with Gasteiger partial charge >= 0.3 is 0 Å². The number of thioether (sulfide) groups is 1. The average Bonchev–Trinajstić information content (AvgIpc) is 2.90.